The quantitative estimate of drug-likeness (QED) is 0.244. The third kappa shape index (κ3) is 3.78. The molecular formula is C33H34N5OP. The second-order valence-electron chi connectivity index (χ2n) is 11.0. The van der Waals surface area contributed by atoms with E-state index in [0.717, 1.165) is 29.9 Å². The molecule has 0 radical (unpaired) electrons. The molecule has 4 aromatic rings. The summed E-state index contributed by atoms with van der Waals surface area (Å²) in [4.78, 5) is 2.37. The van der Waals surface area contributed by atoms with E-state index in [1.54, 1.807) is 0 Å². The minimum Gasteiger partial charge on any atom is -0.379 e. The van der Waals surface area contributed by atoms with E-state index >= 15 is 0 Å². The molecule has 1 atom stereocenters. The SMILES string of the molecule is CN1/C(=C2\C=NN(c3ccccc3)P2(=Nc2cccc3ccccc23)N2CCOCC2)C(C)(C)c2ccccc21. The molecule has 0 aliphatic carbocycles. The third-order valence-electron chi connectivity index (χ3n) is 8.37. The van der Waals surface area contributed by atoms with Gasteiger partial charge in [0.25, 0.3) is 0 Å². The fraction of sp³-hybridized carbons (Fsp3) is 0.242. The van der Waals surface area contributed by atoms with Crippen molar-refractivity contribution in [3.8, 4) is 0 Å². The van der Waals surface area contributed by atoms with Gasteiger partial charge in [0.1, 0.15) is 0 Å². The molecule has 0 spiro atoms. The maximum absolute atomic E-state index is 5.89. The second-order valence-corrected chi connectivity index (χ2v) is 13.8. The average Bonchev–Trinajstić information content (AvgIpc) is 3.46. The monoisotopic (exact) mass is 547 g/mol. The van der Waals surface area contributed by atoms with Gasteiger partial charge in [0, 0.05) is 42.3 Å². The molecule has 0 bridgehead atoms. The van der Waals surface area contributed by atoms with Gasteiger partial charge in [0.05, 0.1) is 36.1 Å². The van der Waals surface area contributed by atoms with Crippen molar-refractivity contribution < 1.29 is 4.74 Å². The summed E-state index contributed by atoms with van der Waals surface area (Å²) in [5.41, 5.74) is 5.67. The number of allylic oxidation sites excluding steroid dienone is 2. The van der Waals surface area contributed by atoms with E-state index in [2.05, 4.69) is 139 Å². The predicted octanol–water partition coefficient (Wildman–Crippen LogP) is 7.98. The molecule has 3 aliphatic rings. The molecule has 3 heterocycles. The molecular weight excluding hydrogens is 513 g/mol. The molecule has 0 N–H and O–H groups in total. The minimum absolute atomic E-state index is 0.217. The first-order valence-electron chi connectivity index (χ1n) is 13.9. The van der Waals surface area contributed by atoms with Crippen molar-refractivity contribution in [2.24, 2.45) is 9.85 Å². The lowest BCUT2D eigenvalue weighted by Crippen LogP contribution is -2.38. The third-order valence-corrected chi connectivity index (χ3v) is 11.9. The highest BCUT2D eigenvalue weighted by atomic mass is 31.2. The topological polar surface area (TPSA) is 43.7 Å². The number of anilines is 2. The van der Waals surface area contributed by atoms with Gasteiger partial charge in [-0.2, -0.15) is 5.10 Å². The van der Waals surface area contributed by atoms with E-state index in [9.17, 15) is 0 Å². The zero-order valence-corrected chi connectivity index (χ0v) is 24.1. The molecule has 7 heteroatoms. The number of ether oxygens (including phenoxy) is 1. The van der Waals surface area contributed by atoms with Gasteiger partial charge in [0.2, 0.25) is 0 Å². The van der Waals surface area contributed by atoms with Crippen LogP contribution in [0.3, 0.4) is 0 Å². The van der Waals surface area contributed by atoms with Crippen LogP contribution in [-0.2, 0) is 10.2 Å². The normalized spacial score (nSPS) is 24.1. The number of para-hydroxylation sites is 2. The van der Waals surface area contributed by atoms with Crippen LogP contribution in [-0.4, -0.2) is 44.2 Å². The average molecular weight is 548 g/mol. The molecule has 1 saturated heterocycles. The zero-order chi connectivity index (χ0) is 27.3. The summed E-state index contributed by atoms with van der Waals surface area (Å²) in [5.74, 6) is 0. The first-order chi connectivity index (χ1) is 19.5. The number of hydrogen-bond acceptors (Lipinski definition) is 4. The smallest absolute Gasteiger partial charge is 0.180 e. The van der Waals surface area contributed by atoms with Crippen molar-refractivity contribution in [2.75, 3.05) is 43.0 Å². The minimum atomic E-state index is -2.66. The van der Waals surface area contributed by atoms with Crippen molar-refractivity contribution in [2.45, 2.75) is 19.3 Å². The number of benzene rings is 4. The Labute approximate surface area is 236 Å². The summed E-state index contributed by atoms with van der Waals surface area (Å²) >= 11 is 0. The van der Waals surface area contributed by atoms with Crippen LogP contribution in [0.5, 0.6) is 0 Å². The van der Waals surface area contributed by atoms with E-state index in [1.165, 1.54) is 27.6 Å². The lowest BCUT2D eigenvalue weighted by molar-refractivity contribution is 0.0743. The molecule has 7 rings (SSSR count). The number of morpholine rings is 1. The van der Waals surface area contributed by atoms with Gasteiger partial charge < -0.3 is 9.64 Å². The highest BCUT2D eigenvalue weighted by molar-refractivity contribution is 7.71. The Balaban J connectivity index is 1.59. The summed E-state index contributed by atoms with van der Waals surface area (Å²) < 4.78 is 16.6. The molecule has 0 amide bonds. The Morgan fingerprint density at radius 3 is 2.33 bits per heavy atom. The van der Waals surface area contributed by atoms with Gasteiger partial charge in [-0.25, -0.2) is 14.2 Å². The highest BCUT2D eigenvalue weighted by Crippen LogP contribution is 2.71. The summed E-state index contributed by atoms with van der Waals surface area (Å²) in [5, 5.41) is 8.75. The van der Waals surface area contributed by atoms with E-state index in [0.29, 0.717) is 13.2 Å². The van der Waals surface area contributed by atoms with E-state index in [4.69, 9.17) is 14.6 Å². The second kappa shape index (κ2) is 9.74. The van der Waals surface area contributed by atoms with Crippen LogP contribution in [0.2, 0.25) is 0 Å². The summed E-state index contributed by atoms with van der Waals surface area (Å²) in [6.07, 6.45) is 2.10. The van der Waals surface area contributed by atoms with Crippen molar-refractivity contribution >= 4 is 41.4 Å². The van der Waals surface area contributed by atoms with E-state index < -0.39 is 7.36 Å². The Morgan fingerprint density at radius 2 is 1.52 bits per heavy atom. The Kier molecular flexibility index (Phi) is 6.16. The maximum Gasteiger partial charge on any atom is 0.180 e. The van der Waals surface area contributed by atoms with Crippen molar-refractivity contribution in [1.29, 1.82) is 0 Å². The molecule has 202 valence electrons. The first kappa shape index (κ1) is 25.3. The van der Waals surface area contributed by atoms with Crippen LogP contribution >= 0.6 is 7.36 Å². The summed E-state index contributed by atoms with van der Waals surface area (Å²) in [7, 11) is -0.463. The molecule has 0 saturated carbocycles. The molecule has 4 aromatic carbocycles. The van der Waals surface area contributed by atoms with Gasteiger partial charge >= 0.3 is 0 Å². The largest absolute Gasteiger partial charge is 0.379 e. The van der Waals surface area contributed by atoms with Crippen LogP contribution < -0.4 is 9.68 Å². The van der Waals surface area contributed by atoms with Crippen LogP contribution in [0, 0.1) is 0 Å². The molecule has 1 fully saturated rings. The first-order valence-corrected chi connectivity index (χ1v) is 15.6. The van der Waals surface area contributed by atoms with Crippen molar-refractivity contribution in [1.82, 2.24) is 4.67 Å². The predicted molar refractivity (Wildman–Crippen MR) is 168 cm³/mol. The lowest BCUT2D eigenvalue weighted by Gasteiger charge is -2.43. The molecule has 40 heavy (non-hydrogen) atoms. The number of likely N-dealkylation sites (N-methyl/N-ethyl adjacent to an activating group) is 1. The molecule has 6 nitrogen and oxygen atoms in total. The number of hydrogen-bond donors (Lipinski definition) is 0. The van der Waals surface area contributed by atoms with E-state index in [-0.39, 0.29) is 5.41 Å². The number of nitrogens with zero attached hydrogens (tertiary/aromatic N) is 5. The molecule has 1 unspecified atom stereocenters. The van der Waals surface area contributed by atoms with Gasteiger partial charge in [0.15, 0.2) is 7.36 Å². The fourth-order valence-electron chi connectivity index (χ4n) is 6.52. The number of rotatable bonds is 3. The van der Waals surface area contributed by atoms with E-state index in [1.807, 2.05) is 0 Å². The highest BCUT2D eigenvalue weighted by Gasteiger charge is 2.50. The van der Waals surface area contributed by atoms with Crippen LogP contribution in [0.15, 0.2) is 118 Å². The number of fused-ring (bicyclic) bond motifs is 2. The fourth-order valence-corrected chi connectivity index (χ4v) is 10.4. The van der Waals surface area contributed by atoms with Crippen molar-refractivity contribution in [3.63, 3.8) is 0 Å². The number of hydrazone groups is 1. The maximum atomic E-state index is 5.89. The lowest BCUT2D eigenvalue weighted by atomic mass is 9.84. The van der Waals surface area contributed by atoms with Gasteiger partial charge in [-0.1, -0.05) is 86.6 Å². The Hall–Kier alpha value is -3.70. The Bertz CT molecular complexity index is 1700. The van der Waals surface area contributed by atoms with Gasteiger partial charge in [-0.3, -0.25) is 0 Å². The van der Waals surface area contributed by atoms with Crippen molar-refractivity contribution in [3.05, 3.63) is 114 Å². The molecule has 3 aliphatic heterocycles. The van der Waals surface area contributed by atoms with Crippen LogP contribution in [0.1, 0.15) is 19.4 Å². The Morgan fingerprint density at radius 1 is 0.825 bits per heavy atom. The zero-order valence-electron chi connectivity index (χ0n) is 23.2. The van der Waals surface area contributed by atoms with Crippen LogP contribution in [0.25, 0.3) is 10.8 Å². The van der Waals surface area contributed by atoms with Crippen LogP contribution in [0.4, 0.5) is 17.1 Å². The standard InChI is InChI=1S/C33H34N5OP/c1-33(2)28-17-9-10-19-30(28)36(3)32(33)31-24-34-38(26-14-5-4-6-15-26)40(31,37-20-22-39-23-21-37)35-29-18-11-13-25-12-7-8-16-27(25)29/h4-19,24H,20-23H2,1-3H3/b32-31+. The molecule has 0 aromatic heterocycles. The van der Waals surface area contributed by atoms with Gasteiger partial charge in [-0.05, 0) is 35.2 Å². The summed E-state index contributed by atoms with van der Waals surface area (Å²) in [6.45, 7) is 7.62. The summed E-state index contributed by atoms with van der Waals surface area (Å²) in [6, 6.07) is 34.3. The van der Waals surface area contributed by atoms with Gasteiger partial charge in [-0.15, -0.1) is 0 Å².